The van der Waals surface area contributed by atoms with Crippen LogP contribution in [0.2, 0.25) is 0 Å². The van der Waals surface area contributed by atoms with Crippen LogP contribution in [0.4, 0.5) is 5.82 Å². The molecular weight excluding hydrogens is 238 g/mol. The number of rotatable bonds is 1. The van der Waals surface area contributed by atoms with E-state index < -0.39 is 0 Å². The number of aromatic nitrogens is 1. The number of nitrogens with two attached hydrogens (primary N) is 1. The van der Waals surface area contributed by atoms with Crippen LogP contribution in [0.15, 0.2) is 18.2 Å². The van der Waals surface area contributed by atoms with Crippen LogP contribution in [0.3, 0.4) is 0 Å². The van der Waals surface area contributed by atoms with Gasteiger partial charge in [-0.2, -0.15) is 0 Å². The lowest BCUT2D eigenvalue weighted by molar-refractivity contribution is 0.0698. The van der Waals surface area contributed by atoms with Gasteiger partial charge < -0.3 is 10.6 Å². The number of anilines is 1. The summed E-state index contributed by atoms with van der Waals surface area (Å²) in [6.07, 6.45) is 3.60. The van der Waals surface area contributed by atoms with E-state index in [1.807, 2.05) is 4.90 Å². The van der Waals surface area contributed by atoms with E-state index in [4.69, 9.17) is 5.73 Å². The van der Waals surface area contributed by atoms with Crippen molar-refractivity contribution < 1.29 is 4.79 Å². The lowest BCUT2D eigenvalue weighted by Crippen LogP contribution is -2.38. The average molecular weight is 254 g/mol. The summed E-state index contributed by atoms with van der Waals surface area (Å²) >= 11 is 0. The van der Waals surface area contributed by atoms with E-state index in [-0.39, 0.29) is 18.3 Å². The van der Waals surface area contributed by atoms with Crippen molar-refractivity contribution in [2.75, 3.05) is 12.3 Å². The van der Waals surface area contributed by atoms with Crippen LogP contribution in [-0.2, 0) is 0 Å². The number of hydrogen-bond donors (Lipinski definition) is 1. The highest BCUT2D eigenvalue weighted by Crippen LogP contribution is 2.37. The third-order valence-electron chi connectivity index (χ3n) is 3.66. The summed E-state index contributed by atoms with van der Waals surface area (Å²) < 4.78 is 0. The normalized spacial score (nSPS) is 25.8. The Kier molecular flexibility index (Phi) is 3.24. The molecule has 3 rings (SSSR count). The van der Waals surface area contributed by atoms with Crippen LogP contribution in [0.25, 0.3) is 0 Å². The van der Waals surface area contributed by atoms with E-state index >= 15 is 0 Å². The van der Waals surface area contributed by atoms with Crippen LogP contribution >= 0.6 is 12.4 Å². The Labute approximate surface area is 107 Å². The molecule has 2 unspecified atom stereocenters. The molecule has 0 radical (unpaired) electrons. The predicted molar refractivity (Wildman–Crippen MR) is 68.1 cm³/mol. The van der Waals surface area contributed by atoms with E-state index in [9.17, 15) is 4.79 Å². The van der Waals surface area contributed by atoms with E-state index in [0.29, 0.717) is 17.6 Å². The van der Waals surface area contributed by atoms with Crippen molar-refractivity contribution in [3.8, 4) is 0 Å². The van der Waals surface area contributed by atoms with E-state index in [2.05, 4.69) is 4.98 Å². The number of hydrogen-bond acceptors (Lipinski definition) is 3. The SMILES string of the molecule is Cl.Nc1cccc(C(=O)N2CC3CCC2C3)n1. The number of piperidine rings is 1. The van der Waals surface area contributed by atoms with Gasteiger partial charge in [0, 0.05) is 12.6 Å². The molecule has 2 aliphatic rings. The number of carbonyl (C=O) groups is 1. The van der Waals surface area contributed by atoms with E-state index in [1.54, 1.807) is 18.2 Å². The Morgan fingerprint density at radius 1 is 1.41 bits per heavy atom. The molecule has 2 heterocycles. The van der Waals surface area contributed by atoms with Gasteiger partial charge in [0.1, 0.15) is 11.5 Å². The Morgan fingerprint density at radius 2 is 2.24 bits per heavy atom. The van der Waals surface area contributed by atoms with E-state index in [1.165, 1.54) is 12.8 Å². The third kappa shape index (κ3) is 2.09. The number of fused-ring (bicyclic) bond motifs is 2. The molecule has 1 aliphatic carbocycles. The number of pyridine rings is 1. The lowest BCUT2D eigenvalue weighted by Gasteiger charge is -2.26. The average Bonchev–Trinajstić information content (AvgIpc) is 2.89. The Morgan fingerprint density at radius 3 is 2.82 bits per heavy atom. The first kappa shape index (κ1) is 12.2. The van der Waals surface area contributed by atoms with Gasteiger partial charge in [0.05, 0.1) is 0 Å². The molecule has 92 valence electrons. The molecule has 1 aromatic rings. The molecule has 2 atom stereocenters. The van der Waals surface area contributed by atoms with Crippen molar-refractivity contribution in [2.24, 2.45) is 5.92 Å². The van der Waals surface area contributed by atoms with Gasteiger partial charge in [-0.15, -0.1) is 12.4 Å². The number of carbonyl (C=O) groups excluding carboxylic acids is 1. The number of amides is 1. The number of halogens is 1. The number of nitrogens with zero attached hydrogens (tertiary/aromatic N) is 2. The van der Waals surface area contributed by atoms with Crippen LogP contribution in [0, 0.1) is 5.92 Å². The van der Waals surface area contributed by atoms with Gasteiger partial charge in [-0.1, -0.05) is 6.07 Å². The van der Waals surface area contributed by atoms with Crippen molar-refractivity contribution in [1.29, 1.82) is 0 Å². The van der Waals surface area contributed by atoms with Crippen LogP contribution in [0.5, 0.6) is 0 Å². The molecule has 17 heavy (non-hydrogen) atoms. The Balaban J connectivity index is 0.00000108. The van der Waals surface area contributed by atoms with Gasteiger partial charge in [0.25, 0.3) is 5.91 Å². The summed E-state index contributed by atoms with van der Waals surface area (Å²) in [6.45, 7) is 0.903. The molecule has 4 nitrogen and oxygen atoms in total. The summed E-state index contributed by atoms with van der Waals surface area (Å²) in [4.78, 5) is 18.3. The monoisotopic (exact) mass is 253 g/mol. The minimum absolute atomic E-state index is 0. The first-order chi connectivity index (χ1) is 7.74. The fourth-order valence-electron chi connectivity index (χ4n) is 2.89. The van der Waals surface area contributed by atoms with Crippen molar-refractivity contribution in [3.63, 3.8) is 0 Å². The Bertz CT molecular complexity index is 438. The number of likely N-dealkylation sites (tertiary alicyclic amines) is 1. The topological polar surface area (TPSA) is 59.2 Å². The highest BCUT2D eigenvalue weighted by molar-refractivity contribution is 5.93. The van der Waals surface area contributed by atoms with Gasteiger partial charge in [-0.05, 0) is 37.3 Å². The van der Waals surface area contributed by atoms with Crippen molar-refractivity contribution >= 4 is 24.1 Å². The van der Waals surface area contributed by atoms with Crippen LogP contribution in [-0.4, -0.2) is 28.4 Å². The summed E-state index contributed by atoms with van der Waals surface area (Å²) in [6, 6.07) is 5.67. The Hall–Kier alpha value is -1.29. The van der Waals surface area contributed by atoms with Crippen LogP contribution < -0.4 is 5.73 Å². The van der Waals surface area contributed by atoms with Crippen LogP contribution in [0.1, 0.15) is 29.8 Å². The molecule has 1 saturated carbocycles. The first-order valence-electron chi connectivity index (χ1n) is 5.77. The fraction of sp³-hybridized carbons (Fsp3) is 0.500. The first-order valence-corrected chi connectivity index (χ1v) is 5.77. The zero-order valence-corrected chi connectivity index (χ0v) is 10.3. The second-order valence-electron chi connectivity index (χ2n) is 4.74. The second-order valence-corrected chi connectivity index (χ2v) is 4.74. The largest absolute Gasteiger partial charge is 0.384 e. The fourth-order valence-corrected chi connectivity index (χ4v) is 2.89. The summed E-state index contributed by atoms with van der Waals surface area (Å²) in [7, 11) is 0. The van der Waals surface area contributed by atoms with Gasteiger partial charge in [-0.25, -0.2) is 4.98 Å². The third-order valence-corrected chi connectivity index (χ3v) is 3.66. The predicted octanol–water partition coefficient (Wildman–Crippen LogP) is 1.71. The summed E-state index contributed by atoms with van der Waals surface area (Å²) in [5.41, 5.74) is 6.07. The smallest absolute Gasteiger partial charge is 0.272 e. The molecule has 1 aliphatic heterocycles. The van der Waals surface area contributed by atoms with Crippen molar-refractivity contribution in [1.82, 2.24) is 9.88 Å². The molecule has 0 aromatic carbocycles. The molecule has 1 amide bonds. The molecule has 0 spiro atoms. The molecule has 2 N–H and O–H groups in total. The maximum absolute atomic E-state index is 12.2. The minimum atomic E-state index is 0. The molecule has 2 bridgehead atoms. The maximum atomic E-state index is 12.2. The maximum Gasteiger partial charge on any atom is 0.272 e. The van der Waals surface area contributed by atoms with Crippen molar-refractivity contribution in [2.45, 2.75) is 25.3 Å². The highest BCUT2D eigenvalue weighted by atomic mass is 35.5. The standard InChI is InChI=1S/C12H15N3O.ClH/c13-11-3-1-2-10(14-11)12(16)15-7-8-4-5-9(15)6-8;/h1-3,8-9H,4-7H2,(H2,13,14);1H. The zero-order chi connectivity index (χ0) is 11.1. The molecule has 1 aromatic heterocycles. The quantitative estimate of drug-likeness (QED) is 0.829. The molecule has 2 fully saturated rings. The van der Waals surface area contributed by atoms with Gasteiger partial charge >= 0.3 is 0 Å². The summed E-state index contributed by atoms with van der Waals surface area (Å²) in [5.74, 6) is 1.17. The minimum Gasteiger partial charge on any atom is -0.384 e. The van der Waals surface area contributed by atoms with Crippen molar-refractivity contribution in [3.05, 3.63) is 23.9 Å². The van der Waals surface area contributed by atoms with Gasteiger partial charge in [0.2, 0.25) is 0 Å². The zero-order valence-electron chi connectivity index (χ0n) is 9.50. The lowest BCUT2D eigenvalue weighted by atomic mass is 10.1. The highest BCUT2D eigenvalue weighted by Gasteiger charge is 2.40. The number of nitrogen functional groups attached to an aromatic ring is 1. The van der Waals surface area contributed by atoms with Gasteiger partial charge in [0.15, 0.2) is 0 Å². The molecular formula is C12H16ClN3O. The molecule has 1 saturated heterocycles. The summed E-state index contributed by atoms with van der Waals surface area (Å²) in [5, 5.41) is 0. The van der Waals surface area contributed by atoms with Gasteiger partial charge in [-0.3, -0.25) is 4.79 Å². The molecule has 5 heteroatoms. The second kappa shape index (κ2) is 4.53. The van der Waals surface area contributed by atoms with E-state index in [0.717, 1.165) is 18.9 Å².